The number of ether oxygens (including phenoxy) is 1. The van der Waals surface area contributed by atoms with Crippen LogP contribution in [0, 0.1) is 11.3 Å². The van der Waals surface area contributed by atoms with Crippen molar-refractivity contribution in [2.75, 3.05) is 7.11 Å². The Kier molecular flexibility index (Phi) is 3.67. The van der Waals surface area contributed by atoms with Gasteiger partial charge in [0.05, 0.1) is 29.9 Å². The van der Waals surface area contributed by atoms with Crippen LogP contribution in [0.25, 0.3) is 0 Å². The Morgan fingerprint density at radius 3 is 2.80 bits per heavy atom. The van der Waals surface area contributed by atoms with Crippen LogP contribution >= 0.6 is 11.6 Å². The van der Waals surface area contributed by atoms with Crippen molar-refractivity contribution in [1.29, 1.82) is 5.26 Å². The van der Waals surface area contributed by atoms with Gasteiger partial charge in [0.1, 0.15) is 6.07 Å². The van der Waals surface area contributed by atoms with Crippen molar-refractivity contribution in [3.05, 3.63) is 33.8 Å². The minimum Gasteiger partial charge on any atom is -0.465 e. The summed E-state index contributed by atoms with van der Waals surface area (Å²) < 4.78 is 4.52. The lowest BCUT2D eigenvalue weighted by molar-refractivity contribution is 0.0597. The molecule has 0 aliphatic heterocycles. The number of hydrogen-bond donors (Lipinski definition) is 1. The number of benzene rings is 1. The molecule has 0 heterocycles. The standard InChI is InChI=1S/C10H8ClNO3/c1-15-10(14)8-2-6(4-12)9(11)3-7(8)5-13/h2-3,13H,5H2,1H3. The van der Waals surface area contributed by atoms with Gasteiger partial charge in [-0.25, -0.2) is 4.79 Å². The van der Waals surface area contributed by atoms with Gasteiger partial charge < -0.3 is 9.84 Å². The van der Waals surface area contributed by atoms with Gasteiger partial charge in [-0.3, -0.25) is 0 Å². The highest BCUT2D eigenvalue weighted by molar-refractivity contribution is 6.32. The summed E-state index contributed by atoms with van der Waals surface area (Å²) in [5.41, 5.74) is 0.668. The van der Waals surface area contributed by atoms with Crippen LogP contribution < -0.4 is 0 Å². The second kappa shape index (κ2) is 4.78. The van der Waals surface area contributed by atoms with Gasteiger partial charge >= 0.3 is 5.97 Å². The van der Waals surface area contributed by atoms with Crippen molar-refractivity contribution in [3.63, 3.8) is 0 Å². The Bertz CT molecular complexity index is 437. The summed E-state index contributed by atoms with van der Waals surface area (Å²) in [6, 6.07) is 4.53. The van der Waals surface area contributed by atoms with E-state index in [0.717, 1.165) is 0 Å². The summed E-state index contributed by atoms with van der Waals surface area (Å²) in [6.45, 7) is -0.337. The highest BCUT2D eigenvalue weighted by atomic mass is 35.5. The molecule has 0 amide bonds. The van der Waals surface area contributed by atoms with Crippen molar-refractivity contribution in [3.8, 4) is 6.07 Å². The molecule has 15 heavy (non-hydrogen) atoms. The van der Waals surface area contributed by atoms with Gasteiger partial charge in [-0.1, -0.05) is 11.6 Å². The van der Waals surface area contributed by atoms with E-state index in [9.17, 15) is 4.79 Å². The zero-order valence-electron chi connectivity index (χ0n) is 7.95. The molecule has 1 N–H and O–H groups in total. The van der Waals surface area contributed by atoms with E-state index in [4.69, 9.17) is 22.0 Å². The lowest BCUT2D eigenvalue weighted by Gasteiger charge is -2.06. The number of carbonyl (C=O) groups is 1. The molecule has 0 aliphatic rings. The number of rotatable bonds is 2. The lowest BCUT2D eigenvalue weighted by atomic mass is 10.0. The van der Waals surface area contributed by atoms with E-state index < -0.39 is 5.97 Å². The summed E-state index contributed by atoms with van der Waals surface area (Å²) in [5.74, 6) is -0.604. The van der Waals surface area contributed by atoms with Gasteiger partial charge in [0, 0.05) is 0 Å². The summed E-state index contributed by atoms with van der Waals surface area (Å²) in [6.07, 6.45) is 0. The molecular weight excluding hydrogens is 218 g/mol. The molecular formula is C10H8ClNO3. The third-order valence-corrected chi connectivity index (χ3v) is 2.20. The molecule has 4 nitrogen and oxygen atoms in total. The summed E-state index contributed by atoms with van der Waals surface area (Å²) in [5, 5.41) is 17.9. The number of nitrogens with zero attached hydrogens (tertiary/aromatic N) is 1. The molecule has 1 rings (SSSR count). The third-order valence-electron chi connectivity index (χ3n) is 1.89. The molecule has 0 bridgehead atoms. The lowest BCUT2D eigenvalue weighted by Crippen LogP contribution is -2.06. The van der Waals surface area contributed by atoms with E-state index in [1.165, 1.54) is 19.2 Å². The summed E-state index contributed by atoms with van der Waals surface area (Å²) in [7, 11) is 1.23. The van der Waals surface area contributed by atoms with Crippen LogP contribution in [0.1, 0.15) is 21.5 Å². The molecule has 0 unspecified atom stereocenters. The molecule has 0 radical (unpaired) electrons. The molecule has 5 heteroatoms. The van der Waals surface area contributed by atoms with E-state index in [1.807, 2.05) is 6.07 Å². The van der Waals surface area contributed by atoms with Crippen molar-refractivity contribution >= 4 is 17.6 Å². The Labute approximate surface area is 91.7 Å². The Hall–Kier alpha value is -1.57. The molecule has 0 atom stereocenters. The molecule has 1 aromatic carbocycles. The number of nitriles is 1. The van der Waals surface area contributed by atoms with E-state index in [2.05, 4.69) is 4.74 Å². The van der Waals surface area contributed by atoms with Crippen molar-refractivity contribution in [1.82, 2.24) is 0 Å². The number of aliphatic hydroxyl groups is 1. The first-order valence-electron chi connectivity index (χ1n) is 4.05. The molecule has 1 aromatic rings. The fourth-order valence-corrected chi connectivity index (χ4v) is 1.36. The van der Waals surface area contributed by atoms with Crippen molar-refractivity contribution in [2.24, 2.45) is 0 Å². The van der Waals surface area contributed by atoms with Crippen LogP contribution in [-0.2, 0) is 11.3 Å². The van der Waals surface area contributed by atoms with Crippen LogP contribution in [0.15, 0.2) is 12.1 Å². The second-order valence-corrected chi connectivity index (χ2v) is 3.16. The second-order valence-electron chi connectivity index (χ2n) is 2.75. The van der Waals surface area contributed by atoms with Gasteiger partial charge in [0.2, 0.25) is 0 Å². The van der Waals surface area contributed by atoms with Crippen LogP contribution in [0.5, 0.6) is 0 Å². The number of aliphatic hydroxyl groups excluding tert-OH is 1. The molecule has 0 saturated carbocycles. The normalized spacial score (nSPS) is 9.47. The highest BCUT2D eigenvalue weighted by Gasteiger charge is 2.14. The zero-order valence-corrected chi connectivity index (χ0v) is 8.71. The average molecular weight is 226 g/mol. The number of carbonyl (C=O) groups excluding carboxylic acids is 1. The number of halogens is 1. The predicted molar refractivity (Wildman–Crippen MR) is 53.4 cm³/mol. The topological polar surface area (TPSA) is 70.3 Å². The van der Waals surface area contributed by atoms with E-state index >= 15 is 0 Å². The minimum absolute atomic E-state index is 0.154. The highest BCUT2D eigenvalue weighted by Crippen LogP contribution is 2.21. The van der Waals surface area contributed by atoms with Gasteiger partial charge in [0.15, 0.2) is 0 Å². The fraction of sp³-hybridized carbons (Fsp3) is 0.200. The minimum atomic E-state index is -0.604. The van der Waals surface area contributed by atoms with Gasteiger partial charge in [0.25, 0.3) is 0 Å². The first kappa shape index (κ1) is 11.5. The first-order chi connectivity index (χ1) is 7.13. The molecule has 78 valence electrons. The van der Waals surface area contributed by atoms with E-state index in [1.54, 1.807) is 0 Å². The molecule has 0 fully saturated rings. The van der Waals surface area contributed by atoms with E-state index in [-0.39, 0.29) is 22.8 Å². The predicted octanol–water partition coefficient (Wildman–Crippen LogP) is 1.49. The SMILES string of the molecule is COC(=O)c1cc(C#N)c(Cl)cc1CO. The van der Waals surface area contributed by atoms with Crippen molar-refractivity contribution < 1.29 is 14.6 Å². The summed E-state index contributed by atoms with van der Waals surface area (Å²) >= 11 is 5.74. The maximum Gasteiger partial charge on any atom is 0.338 e. The van der Waals surface area contributed by atoms with Crippen LogP contribution in [-0.4, -0.2) is 18.2 Å². The molecule has 0 saturated heterocycles. The average Bonchev–Trinajstić information content (AvgIpc) is 2.27. The molecule has 0 spiro atoms. The number of esters is 1. The molecule has 0 aliphatic carbocycles. The number of hydrogen-bond acceptors (Lipinski definition) is 4. The third kappa shape index (κ3) is 2.27. The van der Waals surface area contributed by atoms with Crippen LogP contribution in [0.3, 0.4) is 0 Å². The smallest absolute Gasteiger partial charge is 0.338 e. The monoisotopic (exact) mass is 225 g/mol. The van der Waals surface area contributed by atoms with Gasteiger partial charge in [-0.2, -0.15) is 5.26 Å². The largest absolute Gasteiger partial charge is 0.465 e. The zero-order chi connectivity index (χ0) is 11.4. The summed E-state index contributed by atoms with van der Waals surface area (Å²) in [4.78, 5) is 11.3. The van der Waals surface area contributed by atoms with Crippen molar-refractivity contribution in [2.45, 2.75) is 6.61 Å². The van der Waals surface area contributed by atoms with Gasteiger partial charge in [-0.05, 0) is 17.7 Å². The first-order valence-corrected chi connectivity index (χ1v) is 4.43. The maximum absolute atomic E-state index is 11.3. The Morgan fingerprint density at radius 2 is 2.33 bits per heavy atom. The van der Waals surface area contributed by atoms with Crippen LogP contribution in [0.4, 0.5) is 0 Å². The quantitative estimate of drug-likeness (QED) is 0.775. The maximum atomic E-state index is 11.3. The Morgan fingerprint density at radius 1 is 1.67 bits per heavy atom. The molecule has 0 aromatic heterocycles. The Balaban J connectivity index is 3.36. The number of methoxy groups -OCH3 is 1. The fourth-order valence-electron chi connectivity index (χ4n) is 1.13. The van der Waals surface area contributed by atoms with E-state index in [0.29, 0.717) is 5.56 Å². The van der Waals surface area contributed by atoms with Gasteiger partial charge in [-0.15, -0.1) is 0 Å². The van der Waals surface area contributed by atoms with Crippen LogP contribution in [0.2, 0.25) is 5.02 Å².